The van der Waals surface area contributed by atoms with Gasteiger partial charge in [-0.1, -0.05) is 46.3 Å². The van der Waals surface area contributed by atoms with Gasteiger partial charge in [-0.2, -0.15) is 0 Å². The van der Waals surface area contributed by atoms with Crippen molar-refractivity contribution >= 4 is 21.5 Å². The maximum Gasteiger partial charge on any atom is 0.127 e. The number of rotatable bonds is 2. The summed E-state index contributed by atoms with van der Waals surface area (Å²) in [4.78, 5) is 2.53. The van der Waals surface area contributed by atoms with Gasteiger partial charge in [0.1, 0.15) is 12.4 Å². The van der Waals surface area contributed by atoms with Crippen LogP contribution in [0.15, 0.2) is 53.0 Å². The molecule has 1 fully saturated rings. The van der Waals surface area contributed by atoms with E-state index in [1.54, 1.807) is 0 Å². The van der Waals surface area contributed by atoms with Crippen LogP contribution in [0.4, 0.5) is 0 Å². The number of likely N-dealkylation sites (tertiary alicyclic amines) is 1. The van der Waals surface area contributed by atoms with Gasteiger partial charge in [-0.15, -0.1) is 0 Å². The van der Waals surface area contributed by atoms with Crippen LogP contribution in [0, 0.1) is 0 Å². The van der Waals surface area contributed by atoms with Gasteiger partial charge in [0, 0.05) is 16.6 Å². The molecule has 0 spiro atoms. The van der Waals surface area contributed by atoms with E-state index in [2.05, 4.69) is 63.3 Å². The van der Waals surface area contributed by atoms with E-state index in [9.17, 15) is 0 Å². The average Bonchev–Trinajstić information content (AvgIpc) is 3.03. The quantitative estimate of drug-likeness (QED) is 0.748. The average molecular weight is 370 g/mol. The lowest BCUT2D eigenvalue weighted by atomic mass is 9.94. The molecule has 2 aromatic carbocycles. The van der Waals surface area contributed by atoms with Gasteiger partial charge in [0.2, 0.25) is 0 Å². The Labute approximate surface area is 145 Å². The van der Waals surface area contributed by atoms with Gasteiger partial charge in [0.25, 0.3) is 0 Å². The number of halogens is 1. The Balaban J connectivity index is 1.80. The SMILES string of the molecule is Brc1ccc2c(c1)/C(=C\CN1CCCC1)c1ccccc1CO2. The van der Waals surface area contributed by atoms with Crippen LogP contribution >= 0.6 is 15.9 Å². The molecule has 0 N–H and O–H groups in total. The highest BCUT2D eigenvalue weighted by molar-refractivity contribution is 9.10. The first kappa shape index (κ1) is 15.0. The molecule has 2 aromatic rings. The molecule has 2 nitrogen and oxygen atoms in total. The van der Waals surface area contributed by atoms with Gasteiger partial charge in [-0.3, -0.25) is 4.90 Å². The van der Waals surface area contributed by atoms with Crippen LogP contribution in [-0.4, -0.2) is 24.5 Å². The van der Waals surface area contributed by atoms with Crippen LogP contribution in [0.25, 0.3) is 5.57 Å². The van der Waals surface area contributed by atoms with E-state index in [0.29, 0.717) is 6.61 Å². The number of benzene rings is 2. The van der Waals surface area contributed by atoms with E-state index in [1.165, 1.54) is 48.2 Å². The van der Waals surface area contributed by atoms with Crippen molar-refractivity contribution in [1.82, 2.24) is 4.90 Å². The maximum absolute atomic E-state index is 6.06. The van der Waals surface area contributed by atoms with Crippen molar-refractivity contribution in [3.63, 3.8) is 0 Å². The van der Waals surface area contributed by atoms with Gasteiger partial charge in [0.15, 0.2) is 0 Å². The molecule has 0 saturated carbocycles. The lowest BCUT2D eigenvalue weighted by Gasteiger charge is -2.15. The fourth-order valence-corrected chi connectivity index (χ4v) is 3.81. The van der Waals surface area contributed by atoms with Crippen molar-refractivity contribution in [1.29, 1.82) is 0 Å². The monoisotopic (exact) mass is 369 g/mol. The lowest BCUT2D eigenvalue weighted by Crippen LogP contribution is -2.19. The van der Waals surface area contributed by atoms with Gasteiger partial charge >= 0.3 is 0 Å². The number of nitrogens with zero attached hydrogens (tertiary/aromatic N) is 1. The van der Waals surface area contributed by atoms with Crippen molar-refractivity contribution in [3.05, 3.63) is 69.7 Å². The number of hydrogen-bond donors (Lipinski definition) is 0. The molecule has 0 unspecified atom stereocenters. The van der Waals surface area contributed by atoms with E-state index in [-0.39, 0.29) is 0 Å². The zero-order valence-corrected chi connectivity index (χ0v) is 14.7. The van der Waals surface area contributed by atoms with Gasteiger partial charge in [0.05, 0.1) is 0 Å². The summed E-state index contributed by atoms with van der Waals surface area (Å²) < 4.78 is 7.15. The first-order valence-corrected chi connectivity index (χ1v) is 9.04. The van der Waals surface area contributed by atoms with E-state index in [1.807, 2.05) is 6.07 Å². The van der Waals surface area contributed by atoms with E-state index >= 15 is 0 Å². The van der Waals surface area contributed by atoms with E-state index < -0.39 is 0 Å². The molecule has 118 valence electrons. The summed E-state index contributed by atoms with van der Waals surface area (Å²) in [6.07, 6.45) is 5.03. The second kappa shape index (κ2) is 6.50. The van der Waals surface area contributed by atoms with Gasteiger partial charge < -0.3 is 4.74 Å². The standard InChI is InChI=1S/C20H20BrNO/c21-16-7-8-20-19(13-16)18(9-12-22-10-3-4-11-22)17-6-2-1-5-15(17)14-23-20/h1-2,5-9,13H,3-4,10-12,14H2/b18-9-. The van der Waals surface area contributed by atoms with E-state index in [0.717, 1.165) is 16.8 Å². The molecule has 23 heavy (non-hydrogen) atoms. The number of ether oxygens (including phenoxy) is 1. The molecular weight excluding hydrogens is 350 g/mol. The molecule has 2 aliphatic heterocycles. The smallest absolute Gasteiger partial charge is 0.127 e. The highest BCUT2D eigenvalue weighted by Gasteiger charge is 2.20. The Morgan fingerprint density at radius 1 is 1.04 bits per heavy atom. The fraction of sp³-hybridized carbons (Fsp3) is 0.300. The Hall–Kier alpha value is -1.58. The Morgan fingerprint density at radius 3 is 2.74 bits per heavy atom. The summed E-state index contributed by atoms with van der Waals surface area (Å²) in [5.74, 6) is 0.970. The number of hydrogen-bond acceptors (Lipinski definition) is 2. The molecule has 2 heterocycles. The summed E-state index contributed by atoms with van der Waals surface area (Å²) in [6.45, 7) is 4.07. The van der Waals surface area contributed by atoms with Crippen LogP contribution in [-0.2, 0) is 6.61 Å². The minimum Gasteiger partial charge on any atom is -0.488 e. The molecule has 0 aromatic heterocycles. The second-order valence-electron chi connectivity index (χ2n) is 6.21. The summed E-state index contributed by atoms with van der Waals surface area (Å²) in [5.41, 5.74) is 5.03. The number of fused-ring (bicyclic) bond motifs is 2. The van der Waals surface area contributed by atoms with Crippen molar-refractivity contribution < 1.29 is 4.74 Å². The highest BCUT2D eigenvalue weighted by Crippen LogP contribution is 2.38. The van der Waals surface area contributed by atoms with Crippen molar-refractivity contribution in [2.75, 3.05) is 19.6 Å². The van der Waals surface area contributed by atoms with E-state index in [4.69, 9.17) is 4.74 Å². The van der Waals surface area contributed by atoms with Crippen LogP contribution < -0.4 is 4.74 Å². The summed E-state index contributed by atoms with van der Waals surface area (Å²) in [6, 6.07) is 14.9. The molecule has 4 rings (SSSR count). The van der Waals surface area contributed by atoms with Crippen LogP contribution in [0.5, 0.6) is 5.75 Å². The molecule has 0 atom stereocenters. The largest absolute Gasteiger partial charge is 0.488 e. The highest BCUT2D eigenvalue weighted by atomic mass is 79.9. The van der Waals surface area contributed by atoms with Crippen molar-refractivity contribution in [2.45, 2.75) is 19.4 Å². The Bertz CT molecular complexity index is 747. The molecule has 0 amide bonds. The third-order valence-electron chi connectivity index (χ3n) is 4.67. The molecule has 0 radical (unpaired) electrons. The minimum absolute atomic E-state index is 0.631. The Kier molecular flexibility index (Phi) is 4.23. The first-order chi connectivity index (χ1) is 11.3. The van der Waals surface area contributed by atoms with Crippen LogP contribution in [0.1, 0.15) is 29.5 Å². The van der Waals surface area contributed by atoms with Crippen molar-refractivity contribution in [2.24, 2.45) is 0 Å². The first-order valence-electron chi connectivity index (χ1n) is 8.25. The third-order valence-corrected chi connectivity index (χ3v) is 5.17. The van der Waals surface area contributed by atoms with Gasteiger partial charge in [-0.25, -0.2) is 0 Å². The van der Waals surface area contributed by atoms with Crippen molar-refractivity contribution in [3.8, 4) is 5.75 Å². The molecule has 2 aliphatic rings. The summed E-state index contributed by atoms with van der Waals surface area (Å²) in [7, 11) is 0. The Morgan fingerprint density at radius 2 is 1.87 bits per heavy atom. The predicted molar refractivity (Wildman–Crippen MR) is 97.7 cm³/mol. The maximum atomic E-state index is 6.06. The zero-order valence-electron chi connectivity index (χ0n) is 13.1. The predicted octanol–water partition coefficient (Wildman–Crippen LogP) is 4.87. The zero-order chi connectivity index (χ0) is 15.6. The summed E-state index contributed by atoms with van der Waals surface area (Å²) in [5, 5.41) is 0. The van der Waals surface area contributed by atoms with Crippen LogP contribution in [0.2, 0.25) is 0 Å². The fourth-order valence-electron chi connectivity index (χ4n) is 3.45. The van der Waals surface area contributed by atoms with Crippen LogP contribution in [0.3, 0.4) is 0 Å². The lowest BCUT2D eigenvalue weighted by molar-refractivity contribution is 0.307. The summed E-state index contributed by atoms with van der Waals surface area (Å²) >= 11 is 3.61. The molecule has 0 aliphatic carbocycles. The van der Waals surface area contributed by atoms with Gasteiger partial charge in [-0.05, 0) is 60.8 Å². The molecule has 3 heteroatoms. The second-order valence-corrected chi connectivity index (χ2v) is 7.13. The minimum atomic E-state index is 0.631. The molecule has 1 saturated heterocycles. The normalized spacial score (nSPS) is 19.1. The topological polar surface area (TPSA) is 12.5 Å². The molecular formula is C20H20BrNO. The molecule has 0 bridgehead atoms. The third kappa shape index (κ3) is 3.08.